The van der Waals surface area contributed by atoms with Crippen LogP contribution in [0.4, 0.5) is 5.69 Å². The highest BCUT2D eigenvalue weighted by Crippen LogP contribution is 2.35. The van der Waals surface area contributed by atoms with Gasteiger partial charge in [-0.15, -0.1) is 22.7 Å². The quantitative estimate of drug-likeness (QED) is 0.302. The molecule has 0 saturated carbocycles. The maximum atomic E-state index is 13.0. The standard InChI is InChI=1S/C21H15ClN4O2S3/c1-11(18(27)24-13-6-5-12(9-23)15(22)8-13)31-21-25-19-17(20(28)26(21)2)14(10-30-19)16-4-3-7-29-16/h3-8,10-11H,1-2H3,(H,24,27)/t11-/m1/s1. The van der Waals surface area contributed by atoms with Crippen LogP contribution in [0.1, 0.15) is 12.5 Å². The number of benzene rings is 1. The highest BCUT2D eigenvalue weighted by molar-refractivity contribution is 8.00. The number of nitrogens with one attached hydrogen (secondary N) is 1. The highest BCUT2D eigenvalue weighted by atomic mass is 35.5. The molecular formula is C21H15ClN4O2S3. The number of fused-ring (bicyclic) bond motifs is 1. The predicted molar refractivity (Wildman–Crippen MR) is 128 cm³/mol. The Bertz CT molecular complexity index is 1390. The minimum atomic E-state index is -0.512. The van der Waals surface area contributed by atoms with E-state index in [9.17, 15) is 9.59 Å². The molecule has 0 spiro atoms. The summed E-state index contributed by atoms with van der Waals surface area (Å²) in [5, 5.41) is 16.5. The number of thioether (sulfide) groups is 1. The molecule has 10 heteroatoms. The van der Waals surface area contributed by atoms with Crippen molar-refractivity contribution in [3.63, 3.8) is 0 Å². The third-order valence-electron chi connectivity index (χ3n) is 4.57. The van der Waals surface area contributed by atoms with E-state index >= 15 is 0 Å². The first kappa shape index (κ1) is 21.6. The second-order valence-corrected chi connectivity index (χ2v) is 10.1. The van der Waals surface area contributed by atoms with E-state index in [-0.39, 0.29) is 16.5 Å². The molecule has 0 aliphatic heterocycles. The molecule has 1 aromatic carbocycles. The minimum Gasteiger partial charge on any atom is -0.325 e. The van der Waals surface area contributed by atoms with Gasteiger partial charge in [0.05, 0.1) is 21.2 Å². The molecule has 0 aliphatic carbocycles. The Balaban J connectivity index is 1.57. The average Bonchev–Trinajstić information content (AvgIpc) is 3.41. The van der Waals surface area contributed by atoms with E-state index in [1.807, 2.05) is 29.0 Å². The number of aromatic nitrogens is 2. The largest absolute Gasteiger partial charge is 0.325 e. The fraction of sp³-hybridized carbons (Fsp3) is 0.143. The summed E-state index contributed by atoms with van der Waals surface area (Å²) >= 11 is 10.2. The molecule has 0 bridgehead atoms. The van der Waals surface area contributed by atoms with E-state index in [0.29, 0.717) is 26.6 Å². The SMILES string of the molecule is C[C@@H](Sc1nc2scc(-c3cccs3)c2c(=O)n1C)C(=O)Nc1ccc(C#N)c(Cl)c1. The van der Waals surface area contributed by atoms with Crippen molar-refractivity contribution < 1.29 is 4.79 Å². The third-order valence-corrected chi connectivity index (χ3v) is 7.80. The first-order chi connectivity index (χ1) is 14.9. The normalized spacial score (nSPS) is 11.9. The molecule has 0 fully saturated rings. The second-order valence-electron chi connectivity index (χ2n) is 6.62. The number of rotatable bonds is 5. The number of halogens is 1. The van der Waals surface area contributed by atoms with Crippen LogP contribution in [-0.2, 0) is 11.8 Å². The van der Waals surface area contributed by atoms with Crippen LogP contribution in [0.15, 0.2) is 51.0 Å². The Morgan fingerprint density at radius 2 is 2.16 bits per heavy atom. The maximum absolute atomic E-state index is 13.0. The van der Waals surface area contributed by atoms with Gasteiger partial charge in [0.1, 0.15) is 10.9 Å². The maximum Gasteiger partial charge on any atom is 0.263 e. The van der Waals surface area contributed by atoms with Gasteiger partial charge in [-0.25, -0.2) is 4.98 Å². The minimum absolute atomic E-state index is 0.136. The number of nitriles is 1. The summed E-state index contributed by atoms with van der Waals surface area (Å²) in [5.41, 5.74) is 1.59. The van der Waals surface area contributed by atoms with Gasteiger partial charge >= 0.3 is 0 Å². The van der Waals surface area contributed by atoms with Crippen molar-refractivity contribution in [1.82, 2.24) is 9.55 Å². The van der Waals surface area contributed by atoms with Crippen molar-refractivity contribution in [3.05, 3.63) is 62.0 Å². The molecule has 0 unspecified atom stereocenters. The molecule has 156 valence electrons. The molecule has 1 N–H and O–H groups in total. The molecule has 3 heterocycles. The highest BCUT2D eigenvalue weighted by Gasteiger charge is 2.21. The fourth-order valence-corrected chi connectivity index (χ4v) is 5.81. The summed E-state index contributed by atoms with van der Waals surface area (Å²) < 4.78 is 1.49. The van der Waals surface area contributed by atoms with Crippen LogP contribution in [0.25, 0.3) is 20.7 Å². The van der Waals surface area contributed by atoms with Crippen molar-refractivity contribution >= 4 is 67.8 Å². The van der Waals surface area contributed by atoms with Gasteiger partial charge in [-0.2, -0.15) is 5.26 Å². The van der Waals surface area contributed by atoms with Crippen molar-refractivity contribution in [1.29, 1.82) is 5.26 Å². The molecule has 0 radical (unpaired) electrons. The van der Waals surface area contributed by atoms with Crippen molar-refractivity contribution in [3.8, 4) is 16.5 Å². The zero-order chi connectivity index (χ0) is 22.1. The lowest BCUT2D eigenvalue weighted by Crippen LogP contribution is -2.25. The molecule has 0 aliphatic rings. The third kappa shape index (κ3) is 4.25. The zero-order valence-electron chi connectivity index (χ0n) is 16.4. The van der Waals surface area contributed by atoms with Crippen LogP contribution in [-0.4, -0.2) is 20.7 Å². The zero-order valence-corrected chi connectivity index (χ0v) is 19.6. The summed E-state index contributed by atoms with van der Waals surface area (Å²) in [4.78, 5) is 32.0. The van der Waals surface area contributed by atoms with Crippen LogP contribution in [0.2, 0.25) is 5.02 Å². The number of thiophene rings is 2. The number of hydrogen-bond donors (Lipinski definition) is 1. The van der Waals surface area contributed by atoms with Crippen LogP contribution < -0.4 is 10.9 Å². The Morgan fingerprint density at radius 3 is 2.84 bits per heavy atom. The van der Waals surface area contributed by atoms with Crippen molar-refractivity contribution in [2.45, 2.75) is 17.3 Å². The Kier molecular flexibility index (Phi) is 6.16. The molecule has 4 rings (SSSR count). The van der Waals surface area contributed by atoms with E-state index in [1.54, 1.807) is 37.4 Å². The smallest absolute Gasteiger partial charge is 0.263 e. The second kappa shape index (κ2) is 8.85. The Morgan fingerprint density at radius 1 is 1.35 bits per heavy atom. The van der Waals surface area contributed by atoms with Gasteiger partial charge in [-0.1, -0.05) is 29.4 Å². The number of hydrogen-bond acceptors (Lipinski definition) is 7. The van der Waals surface area contributed by atoms with E-state index in [2.05, 4.69) is 10.3 Å². The number of amides is 1. The van der Waals surface area contributed by atoms with Crippen molar-refractivity contribution in [2.75, 3.05) is 5.32 Å². The number of carbonyl (C=O) groups is 1. The summed E-state index contributed by atoms with van der Waals surface area (Å²) in [6.07, 6.45) is 0. The van der Waals surface area contributed by atoms with Gasteiger partial charge < -0.3 is 5.32 Å². The predicted octanol–water partition coefficient (Wildman–Crippen LogP) is 5.37. The van der Waals surface area contributed by atoms with E-state index in [0.717, 1.165) is 10.4 Å². The average molecular weight is 487 g/mol. The molecule has 31 heavy (non-hydrogen) atoms. The summed E-state index contributed by atoms with van der Waals surface area (Å²) in [7, 11) is 1.66. The summed E-state index contributed by atoms with van der Waals surface area (Å²) in [6, 6.07) is 10.6. The molecule has 3 aromatic heterocycles. The van der Waals surface area contributed by atoms with E-state index in [4.69, 9.17) is 16.9 Å². The fourth-order valence-electron chi connectivity index (χ4n) is 2.91. The van der Waals surface area contributed by atoms with Gasteiger partial charge in [-0.3, -0.25) is 14.2 Å². The molecule has 1 atom stereocenters. The van der Waals surface area contributed by atoms with Gasteiger partial charge in [0, 0.05) is 28.6 Å². The lowest BCUT2D eigenvalue weighted by Gasteiger charge is -2.14. The molecular weight excluding hydrogens is 472 g/mol. The van der Waals surface area contributed by atoms with Gasteiger partial charge in [-0.05, 0) is 36.6 Å². The number of anilines is 1. The van der Waals surface area contributed by atoms with Crippen LogP contribution in [0.3, 0.4) is 0 Å². The summed E-state index contributed by atoms with van der Waals surface area (Å²) in [5.74, 6) is -0.259. The first-order valence-corrected chi connectivity index (χ1v) is 12.1. The Hall–Kier alpha value is -2.64. The first-order valence-electron chi connectivity index (χ1n) is 9.08. The summed E-state index contributed by atoms with van der Waals surface area (Å²) in [6.45, 7) is 1.74. The lowest BCUT2D eigenvalue weighted by molar-refractivity contribution is -0.115. The molecule has 1 amide bonds. The van der Waals surface area contributed by atoms with Gasteiger partial charge in [0.25, 0.3) is 5.56 Å². The van der Waals surface area contributed by atoms with Crippen LogP contribution in [0.5, 0.6) is 0 Å². The number of nitrogens with zero attached hydrogens (tertiary/aromatic N) is 3. The van der Waals surface area contributed by atoms with Gasteiger partial charge in [0.15, 0.2) is 5.16 Å². The van der Waals surface area contributed by atoms with Crippen LogP contribution >= 0.6 is 46.0 Å². The van der Waals surface area contributed by atoms with E-state index in [1.165, 1.54) is 33.7 Å². The van der Waals surface area contributed by atoms with Crippen molar-refractivity contribution in [2.24, 2.45) is 7.05 Å². The lowest BCUT2D eigenvalue weighted by atomic mass is 10.2. The molecule has 6 nitrogen and oxygen atoms in total. The monoisotopic (exact) mass is 486 g/mol. The topological polar surface area (TPSA) is 87.8 Å². The van der Waals surface area contributed by atoms with Gasteiger partial charge in [0.2, 0.25) is 5.91 Å². The Labute approximate surface area is 195 Å². The van der Waals surface area contributed by atoms with E-state index < -0.39 is 5.25 Å². The molecule has 4 aromatic rings. The number of carbonyl (C=O) groups excluding carboxylic acids is 1. The molecule has 0 saturated heterocycles. The van der Waals surface area contributed by atoms with Crippen LogP contribution in [0, 0.1) is 11.3 Å².